The molecule has 0 aliphatic rings. The van der Waals surface area contributed by atoms with Crippen molar-refractivity contribution in [3.63, 3.8) is 0 Å². The first-order valence-corrected chi connectivity index (χ1v) is 6.33. The maximum atomic E-state index is 13.4. The Morgan fingerprint density at radius 1 is 1.62 bits per heavy atom. The summed E-state index contributed by atoms with van der Waals surface area (Å²) in [4.78, 5) is 4.15. The summed E-state index contributed by atoms with van der Waals surface area (Å²) in [5, 5.41) is 11.3. The van der Waals surface area contributed by atoms with Gasteiger partial charge in [-0.1, -0.05) is 11.8 Å². The number of hydrogen-bond acceptors (Lipinski definition) is 3. The van der Waals surface area contributed by atoms with Gasteiger partial charge in [0.1, 0.15) is 5.82 Å². The fourth-order valence-electron chi connectivity index (χ4n) is 1.07. The second-order valence-electron chi connectivity index (χ2n) is 2.94. The molecule has 0 radical (unpaired) electrons. The summed E-state index contributed by atoms with van der Waals surface area (Å²) >= 11 is 4.40. The summed E-state index contributed by atoms with van der Waals surface area (Å²) in [6.45, 7) is 1.78. The predicted octanol–water partition coefficient (Wildman–Crippen LogP) is 3.32. The maximum Gasteiger partial charge on any atom is 0.183 e. The Morgan fingerprint density at radius 3 is 2.88 bits per heavy atom. The minimum atomic E-state index is -0.365. The molecule has 3 nitrogen and oxygen atoms in total. The van der Waals surface area contributed by atoms with E-state index in [-0.39, 0.29) is 5.82 Å². The quantitative estimate of drug-likeness (QED) is 0.375. The predicted molar refractivity (Wildman–Crippen MR) is 68.2 cm³/mol. The highest BCUT2D eigenvalue weighted by Gasteiger charge is 2.07. The lowest BCUT2D eigenvalue weighted by Crippen LogP contribution is -2.12. The second-order valence-corrected chi connectivity index (χ2v) is 4.53. The van der Waals surface area contributed by atoms with Crippen LogP contribution in [0.3, 0.4) is 0 Å². The maximum absolute atomic E-state index is 13.4. The van der Waals surface area contributed by atoms with Crippen LogP contribution in [0.1, 0.15) is 5.56 Å². The number of hydrogen-bond donors (Lipinski definition) is 1. The van der Waals surface area contributed by atoms with Crippen molar-refractivity contribution in [1.29, 1.82) is 5.26 Å². The number of aryl methyl sites for hydroxylation is 1. The van der Waals surface area contributed by atoms with Crippen LogP contribution in [0.2, 0.25) is 0 Å². The first-order valence-electron chi connectivity index (χ1n) is 4.32. The van der Waals surface area contributed by atoms with Crippen LogP contribution in [0.25, 0.3) is 0 Å². The first kappa shape index (κ1) is 13.0. The van der Waals surface area contributed by atoms with Crippen LogP contribution in [0, 0.1) is 24.2 Å². The van der Waals surface area contributed by atoms with E-state index in [0.717, 1.165) is 5.56 Å². The number of nitriles is 1. The molecule has 0 aliphatic carbocycles. The Bertz CT molecular complexity index is 468. The third-order valence-corrected chi connectivity index (χ3v) is 3.10. The second kappa shape index (κ2) is 5.87. The molecule has 6 heteroatoms. The van der Waals surface area contributed by atoms with Crippen molar-refractivity contribution in [2.75, 3.05) is 6.26 Å². The summed E-state index contributed by atoms with van der Waals surface area (Å²) < 4.78 is 13.7. The molecule has 0 fully saturated rings. The first-order chi connectivity index (χ1) is 7.58. The Kier molecular flexibility index (Phi) is 4.77. The molecule has 84 valence electrons. The molecule has 1 aromatic carbocycles. The molecule has 0 aromatic heterocycles. The third kappa shape index (κ3) is 3.22. The summed E-state index contributed by atoms with van der Waals surface area (Å²) in [6.07, 6.45) is 3.56. The number of nitrogens with zero attached hydrogens (tertiary/aromatic N) is 2. The van der Waals surface area contributed by atoms with Crippen LogP contribution in [-0.2, 0) is 0 Å². The zero-order valence-corrected chi connectivity index (χ0v) is 11.1. The molecule has 0 aliphatic heterocycles. The molecular weight excluding hydrogens is 293 g/mol. The van der Waals surface area contributed by atoms with Gasteiger partial charge in [-0.05, 0) is 46.8 Å². The van der Waals surface area contributed by atoms with Gasteiger partial charge in [-0.3, -0.25) is 5.32 Å². The van der Waals surface area contributed by atoms with Gasteiger partial charge in [-0.15, -0.1) is 0 Å². The van der Waals surface area contributed by atoms with E-state index >= 15 is 0 Å². The van der Waals surface area contributed by atoms with Crippen LogP contribution >= 0.6 is 27.7 Å². The third-order valence-electron chi connectivity index (χ3n) is 1.73. The number of nitrogens with one attached hydrogen (secondary N) is 1. The van der Waals surface area contributed by atoms with Crippen molar-refractivity contribution in [2.24, 2.45) is 4.99 Å². The van der Waals surface area contributed by atoms with Gasteiger partial charge in [0, 0.05) is 0 Å². The van der Waals surface area contributed by atoms with Gasteiger partial charge in [0.05, 0.1) is 10.2 Å². The Hall–Kier alpha value is -1.06. The monoisotopic (exact) mass is 301 g/mol. The molecule has 0 unspecified atom stereocenters. The van der Waals surface area contributed by atoms with Crippen molar-refractivity contribution in [3.8, 4) is 6.19 Å². The van der Waals surface area contributed by atoms with Gasteiger partial charge in [-0.2, -0.15) is 5.26 Å². The van der Waals surface area contributed by atoms with Gasteiger partial charge in [0.15, 0.2) is 11.4 Å². The molecular formula is C10H9BrFN3S. The number of benzene rings is 1. The summed E-state index contributed by atoms with van der Waals surface area (Å²) in [6, 6.07) is 3.15. The van der Waals surface area contributed by atoms with Crippen LogP contribution in [0.4, 0.5) is 10.1 Å². The molecule has 1 rings (SSSR count). The highest BCUT2D eigenvalue weighted by molar-refractivity contribution is 9.10. The highest BCUT2D eigenvalue weighted by atomic mass is 79.9. The van der Waals surface area contributed by atoms with Crippen LogP contribution in [0.5, 0.6) is 0 Å². The van der Waals surface area contributed by atoms with E-state index in [1.165, 1.54) is 17.8 Å². The average Bonchev–Trinajstić information content (AvgIpc) is 2.24. The fraction of sp³-hybridized carbons (Fsp3) is 0.200. The molecule has 0 saturated carbocycles. The zero-order valence-electron chi connectivity index (χ0n) is 8.71. The normalized spacial score (nSPS) is 11.1. The van der Waals surface area contributed by atoms with Gasteiger partial charge >= 0.3 is 0 Å². The minimum absolute atomic E-state index is 0.296. The molecule has 0 bridgehead atoms. The Balaban J connectivity index is 3.18. The average molecular weight is 302 g/mol. The lowest BCUT2D eigenvalue weighted by atomic mass is 10.2. The van der Waals surface area contributed by atoms with Gasteiger partial charge in [0.25, 0.3) is 0 Å². The molecule has 0 saturated heterocycles. The summed E-state index contributed by atoms with van der Waals surface area (Å²) in [5.41, 5.74) is 1.24. The van der Waals surface area contributed by atoms with Gasteiger partial charge < -0.3 is 0 Å². The molecule has 0 amide bonds. The van der Waals surface area contributed by atoms with E-state index in [9.17, 15) is 4.39 Å². The van der Waals surface area contributed by atoms with E-state index in [2.05, 4.69) is 26.2 Å². The van der Waals surface area contributed by atoms with Gasteiger partial charge in [0.2, 0.25) is 0 Å². The molecule has 1 N–H and O–H groups in total. The van der Waals surface area contributed by atoms with E-state index < -0.39 is 0 Å². The molecule has 0 spiro atoms. The van der Waals surface area contributed by atoms with Crippen molar-refractivity contribution >= 4 is 38.5 Å². The standard InChI is InChI=1S/C10H9BrFN3S/c1-6-3-7(12)9(11)8(4-6)15-10(16-2)14-5-13/h3-4H,1-2H3,(H,14,15). The highest BCUT2D eigenvalue weighted by Crippen LogP contribution is 2.30. The summed E-state index contributed by atoms with van der Waals surface area (Å²) in [7, 11) is 0. The van der Waals surface area contributed by atoms with Gasteiger partial charge in [-0.25, -0.2) is 9.38 Å². The molecule has 16 heavy (non-hydrogen) atoms. The van der Waals surface area contributed by atoms with Crippen molar-refractivity contribution in [2.45, 2.75) is 6.92 Å². The Labute approximate surface area is 106 Å². The molecule has 0 atom stereocenters. The van der Waals surface area contributed by atoms with Crippen molar-refractivity contribution in [3.05, 3.63) is 28.0 Å². The molecule has 0 heterocycles. The lowest BCUT2D eigenvalue weighted by molar-refractivity contribution is 0.620. The lowest BCUT2D eigenvalue weighted by Gasteiger charge is -2.04. The fourth-order valence-corrected chi connectivity index (χ4v) is 1.72. The Morgan fingerprint density at radius 2 is 2.31 bits per heavy atom. The van der Waals surface area contributed by atoms with Crippen LogP contribution in [0.15, 0.2) is 21.6 Å². The number of amidine groups is 1. The van der Waals surface area contributed by atoms with E-state index in [1.54, 1.807) is 25.4 Å². The van der Waals surface area contributed by atoms with Crippen LogP contribution < -0.4 is 5.32 Å². The number of rotatable bonds is 1. The summed E-state index contributed by atoms with van der Waals surface area (Å²) in [5.74, 6) is -0.365. The molecule has 1 aromatic rings. The smallest absolute Gasteiger partial charge is 0.183 e. The topological polar surface area (TPSA) is 48.2 Å². The van der Waals surface area contributed by atoms with Crippen LogP contribution in [-0.4, -0.2) is 11.4 Å². The zero-order chi connectivity index (χ0) is 12.1. The van der Waals surface area contributed by atoms with E-state index in [1.807, 2.05) is 0 Å². The SMILES string of the molecule is CSC(=Nc1cc(C)cc(F)c1Br)NC#N. The number of thioether (sulfide) groups is 1. The van der Waals surface area contributed by atoms with Crippen molar-refractivity contribution < 1.29 is 4.39 Å². The van der Waals surface area contributed by atoms with E-state index in [4.69, 9.17) is 5.26 Å². The van der Waals surface area contributed by atoms with Crippen molar-refractivity contribution in [1.82, 2.24) is 5.32 Å². The largest absolute Gasteiger partial charge is 0.271 e. The number of halogens is 2. The number of aliphatic imine (C=N–C) groups is 1. The minimum Gasteiger partial charge on any atom is -0.271 e. The van der Waals surface area contributed by atoms with E-state index in [0.29, 0.717) is 15.3 Å².